The van der Waals surface area contributed by atoms with Crippen LogP contribution in [0.3, 0.4) is 0 Å². The van der Waals surface area contributed by atoms with Crippen LogP contribution in [0.25, 0.3) is 11.1 Å². The number of ether oxygens (including phenoxy) is 1. The van der Waals surface area contributed by atoms with E-state index >= 15 is 0 Å². The maximum absolute atomic E-state index is 12.8. The van der Waals surface area contributed by atoms with Gasteiger partial charge < -0.3 is 20.1 Å². The highest BCUT2D eigenvalue weighted by Crippen LogP contribution is 2.44. The van der Waals surface area contributed by atoms with Crippen LogP contribution in [0.5, 0.6) is 0 Å². The Bertz CT molecular complexity index is 985. The summed E-state index contributed by atoms with van der Waals surface area (Å²) in [5, 5.41) is 11.9. The number of aliphatic carboxylic acids is 1. The average Bonchev–Trinajstić information content (AvgIpc) is 3.42. The molecule has 1 atom stereocenters. The second kappa shape index (κ2) is 10.1. The Labute approximate surface area is 193 Å². The first-order valence-corrected chi connectivity index (χ1v) is 11.6. The monoisotopic (exact) mass is 450 g/mol. The normalized spacial score (nSPS) is 16.0. The van der Waals surface area contributed by atoms with Crippen LogP contribution in [0, 0.1) is 0 Å². The van der Waals surface area contributed by atoms with E-state index in [9.17, 15) is 19.5 Å². The Hall–Kier alpha value is -3.35. The van der Waals surface area contributed by atoms with Crippen LogP contribution in [0.15, 0.2) is 48.5 Å². The fourth-order valence-corrected chi connectivity index (χ4v) is 5.05. The quantitative estimate of drug-likeness (QED) is 0.630. The SMILES string of the molecule is C[C@H](CC(=O)N(CC(=O)O)C1CCCC1)NC(=O)OCC1c2ccccc2-c2ccccc21. The van der Waals surface area contributed by atoms with Gasteiger partial charge in [-0.15, -0.1) is 0 Å². The van der Waals surface area contributed by atoms with Crippen molar-refractivity contribution in [2.75, 3.05) is 13.2 Å². The minimum atomic E-state index is -1.02. The highest BCUT2D eigenvalue weighted by atomic mass is 16.5. The molecule has 0 aromatic heterocycles. The number of fused-ring (bicyclic) bond motifs is 3. The van der Waals surface area contributed by atoms with Gasteiger partial charge in [-0.1, -0.05) is 61.4 Å². The predicted octanol–water partition coefficient (Wildman–Crippen LogP) is 4.16. The zero-order valence-corrected chi connectivity index (χ0v) is 18.8. The van der Waals surface area contributed by atoms with E-state index in [2.05, 4.69) is 29.6 Å². The van der Waals surface area contributed by atoms with Gasteiger partial charge in [-0.2, -0.15) is 0 Å². The van der Waals surface area contributed by atoms with Crippen molar-refractivity contribution < 1.29 is 24.2 Å². The molecule has 2 aliphatic carbocycles. The summed E-state index contributed by atoms with van der Waals surface area (Å²) in [6.45, 7) is 1.63. The molecule has 2 N–H and O–H groups in total. The zero-order valence-electron chi connectivity index (χ0n) is 18.8. The molecule has 1 fully saturated rings. The van der Waals surface area contributed by atoms with Crippen LogP contribution in [0.2, 0.25) is 0 Å². The summed E-state index contributed by atoms with van der Waals surface area (Å²) in [4.78, 5) is 37.9. The van der Waals surface area contributed by atoms with Crippen molar-refractivity contribution in [3.05, 3.63) is 59.7 Å². The van der Waals surface area contributed by atoms with Gasteiger partial charge in [-0.05, 0) is 42.0 Å². The molecule has 7 nitrogen and oxygen atoms in total. The summed E-state index contributed by atoms with van der Waals surface area (Å²) in [6.07, 6.45) is 3.11. The lowest BCUT2D eigenvalue weighted by atomic mass is 9.98. The van der Waals surface area contributed by atoms with Crippen molar-refractivity contribution in [2.45, 2.75) is 57.0 Å². The molecule has 0 unspecified atom stereocenters. The molecule has 0 saturated heterocycles. The van der Waals surface area contributed by atoms with Gasteiger partial charge in [0.2, 0.25) is 5.91 Å². The van der Waals surface area contributed by atoms with E-state index in [1.54, 1.807) is 6.92 Å². The predicted molar refractivity (Wildman–Crippen MR) is 124 cm³/mol. The fraction of sp³-hybridized carbons (Fsp3) is 0.423. The van der Waals surface area contributed by atoms with Gasteiger partial charge in [-0.25, -0.2) is 4.79 Å². The van der Waals surface area contributed by atoms with Gasteiger partial charge in [0, 0.05) is 24.4 Å². The van der Waals surface area contributed by atoms with Crippen molar-refractivity contribution in [3.8, 4) is 11.1 Å². The second-order valence-electron chi connectivity index (χ2n) is 8.93. The van der Waals surface area contributed by atoms with Crippen LogP contribution >= 0.6 is 0 Å². The van der Waals surface area contributed by atoms with Gasteiger partial charge in [0.25, 0.3) is 0 Å². The van der Waals surface area contributed by atoms with E-state index in [1.165, 1.54) is 4.90 Å². The number of benzene rings is 2. The van der Waals surface area contributed by atoms with Crippen molar-refractivity contribution in [2.24, 2.45) is 0 Å². The van der Waals surface area contributed by atoms with E-state index in [1.807, 2.05) is 24.3 Å². The Balaban J connectivity index is 1.32. The van der Waals surface area contributed by atoms with Crippen LogP contribution in [-0.2, 0) is 14.3 Å². The molecular formula is C26H30N2O5. The molecule has 2 aromatic carbocycles. The summed E-state index contributed by atoms with van der Waals surface area (Å²) in [7, 11) is 0. The summed E-state index contributed by atoms with van der Waals surface area (Å²) >= 11 is 0. The zero-order chi connectivity index (χ0) is 23.4. The topological polar surface area (TPSA) is 95.9 Å². The molecule has 7 heteroatoms. The number of nitrogens with one attached hydrogen (secondary N) is 1. The molecular weight excluding hydrogens is 420 g/mol. The van der Waals surface area contributed by atoms with Crippen LogP contribution in [-0.4, -0.2) is 53.2 Å². The van der Waals surface area contributed by atoms with Crippen molar-refractivity contribution in [1.29, 1.82) is 0 Å². The number of carboxylic acids is 1. The maximum atomic E-state index is 12.8. The summed E-state index contributed by atoms with van der Waals surface area (Å²) in [5.74, 6) is -1.31. The number of amides is 2. The Morgan fingerprint density at radius 3 is 2.18 bits per heavy atom. The molecule has 0 radical (unpaired) electrons. The Morgan fingerprint density at radius 1 is 1.03 bits per heavy atom. The lowest BCUT2D eigenvalue weighted by molar-refractivity contribution is -0.146. The van der Waals surface area contributed by atoms with Gasteiger partial charge in [-0.3, -0.25) is 9.59 Å². The van der Waals surface area contributed by atoms with E-state index in [0.717, 1.165) is 47.9 Å². The number of hydrogen-bond donors (Lipinski definition) is 2. The second-order valence-corrected chi connectivity index (χ2v) is 8.93. The molecule has 2 amide bonds. The molecule has 0 aliphatic heterocycles. The van der Waals surface area contributed by atoms with Crippen LogP contribution < -0.4 is 5.32 Å². The van der Waals surface area contributed by atoms with E-state index in [4.69, 9.17) is 4.74 Å². The average molecular weight is 451 g/mol. The van der Waals surface area contributed by atoms with Gasteiger partial charge >= 0.3 is 12.1 Å². The standard InChI is InChI=1S/C26H30N2O5/c1-17(14-24(29)28(15-25(30)31)18-8-2-3-9-18)27-26(32)33-16-23-21-12-6-4-10-19(21)20-11-5-7-13-22(20)23/h4-7,10-13,17-18,23H,2-3,8-9,14-16H2,1H3,(H,27,32)(H,30,31)/t17-/m1/s1. The van der Waals surface area contributed by atoms with Crippen molar-refractivity contribution in [1.82, 2.24) is 10.2 Å². The summed E-state index contributed by atoms with van der Waals surface area (Å²) < 4.78 is 5.55. The number of carbonyl (C=O) groups excluding carboxylic acids is 2. The highest BCUT2D eigenvalue weighted by Gasteiger charge is 2.31. The molecule has 2 aromatic rings. The van der Waals surface area contributed by atoms with E-state index in [0.29, 0.717) is 0 Å². The first-order chi connectivity index (χ1) is 15.9. The molecule has 1 saturated carbocycles. The number of nitrogens with zero attached hydrogens (tertiary/aromatic N) is 1. The summed E-state index contributed by atoms with van der Waals surface area (Å²) in [5.41, 5.74) is 4.59. The van der Waals surface area contributed by atoms with Crippen LogP contribution in [0.4, 0.5) is 4.79 Å². The van der Waals surface area contributed by atoms with E-state index in [-0.39, 0.29) is 37.4 Å². The van der Waals surface area contributed by atoms with Gasteiger partial charge in [0.1, 0.15) is 13.2 Å². The van der Waals surface area contributed by atoms with Crippen molar-refractivity contribution in [3.63, 3.8) is 0 Å². The van der Waals surface area contributed by atoms with Crippen LogP contribution in [0.1, 0.15) is 56.1 Å². The molecule has 174 valence electrons. The third-order valence-corrected chi connectivity index (χ3v) is 6.58. The van der Waals surface area contributed by atoms with Crippen molar-refractivity contribution >= 4 is 18.0 Å². The third-order valence-electron chi connectivity index (χ3n) is 6.58. The minimum Gasteiger partial charge on any atom is -0.480 e. The Kier molecular flexibility index (Phi) is 6.96. The lowest BCUT2D eigenvalue weighted by Gasteiger charge is -2.28. The summed E-state index contributed by atoms with van der Waals surface area (Å²) in [6, 6.07) is 15.8. The molecule has 0 bridgehead atoms. The number of alkyl carbamates (subject to hydrolysis) is 1. The number of hydrogen-bond acceptors (Lipinski definition) is 4. The fourth-order valence-electron chi connectivity index (χ4n) is 5.05. The number of carbonyl (C=O) groups is 3. The number of rotatable bonds is 8. The highest BCUT2D eigenvalue weighted by molar-refractivity contribution is 5.83. The smallest absolute Gasteiger partial charge is 0.407 e. The molecule has 4 rings (SSSR count). The van der Waals surface area contributed by atoms with E-state index < -0.39 is 18.1 Å². The molecule has 0 spiro atoms. The minimum absolute atomic E-state index is 0.0322. The maximum Gasteiger partial charge on any atom is 0.407 e. The first-order valence-electron chi connectivity index (χ1n) is 11.6. The van der Waals surface area contributed by atoms with Gasteiger partial charge in [0.05, 0.1) is 0 Å². The molecule has 2 aliphatic rings. The number of carboxylic acid groups (broad SMARTS) is 1. The lowest BCUT2D eigenvalue weighted by Crippen LogP contribution is -2.45. The molecule has 0 heterocycles. The van der Waals surface area contributed by atoms with Gasteiger partial charge in [0.15, 0.2) is 0 Å². The third kappa shape index (κ3) is 5.18. The largest absolute Gasteiger partial charge is 0.480 e. The first kappa shape index (κ1) is 22.8. The molecule has 33 heavy (non-hydrogen) atoms. The Morgan fingerprint density at radius 2 is 1.61 bits per heavy atom.